The molecule has 0 aromatic heterocycles. The first-order valence-corrected chi connectivity index (χ1v) is 6.69. The van der Waals surface area contributed by atoms with Gasteiger partial charge in [-0.25, -0.2) is 9.05 Å². The van der Waals surface area contributed by atoms with Crippen molar-refractivity contribution in [1.82, 2.24) is 0 Å². The molecular formula is C14H14O3P+. The zero-order valence-corrected chi connectivity index (χ0v) is 11.2. The molecule has 0 bridgehead atoms. The van der Waals surface area contributed by atoms with E-state index in [1.54, 1.807) is 12.1 Å². The molecule has 0 N–H and O–H groups in total. The second-order valence-electron chi connectivity index (χ2n) is 4.04. The van der Waals surface area contributed by atoms with Gasteiger partial charge in [0.1, 0.15) is 0 Å². The highest BCUT2D eigenvalue weighted by atomic mass is 31.1. The van der Waals surface area contributed by atoms with Crippen LogP contribution in [-0.2, 0) is 4.57 Å². The van der Waals surface area contributed by atoms with Gasteiger partial charge < -0.3 is 0 Å². The van der Waals surface area contributed by atoms with E-state index in [1.807, 2.05) is 50.2 Å². The molecule has 2 aromatic carbocycles. The van der Waals surface area contributed by atoms with Gasteiger partial charge in [0, 0.05) is 4.57 Å². The Morgan fingerprint density at radius 3 is 1.67 bits per heavy atom. The maximum Gasteiger partial charge on any atom is 0.805 e. The summed E-state index contributed by atoms with van der Waals surface area (Å²) in [5.74, 6) is 1.09. The van der Waals surface area contributed by atoms with Crippen LogP contribution in [0.1, 0.15) is 11.1 Å². The Morgan fingerprint density at radius 1 is 0.833 bits per heavy atom. The molecule has 0 radical (unpaired) electrons. The average molecular weight is 261 g/mol. The van der Waals surface area contributed by atoms with E-state index in [0.29, 0.717) is 11.5 Å². The summed E-state index contributed by atoms with van der Waals surface area (Å²) in [5, 5.41) is 0. The van der Waals surface area contributed by atoms with E-state index in [-0.39, 0.29) is 0 Å². The van der Waals surface area contributed by atoms with Gasteiger partial charge in [-0.15, -0.1) is 0 Å². The minimum absolute atomic E-state index is 0.545. The van der Waals surface area contributed by atoms with Gasteiger partial charge in [0.2, 0.25) is 0 Å². The Bertz CT molecular complexity index is 517. The highest BCUT2D eigenvalue weighted by Gasteiger charge is 2.24. The minimum Gasteiger partial charge on any atom is -0.222 e. The van der Waals surface area contributed by atoms with Gasteiger partial charge in [-0.2, -0.15) is 0 Å². The predicted molar refractivity (Wildman–Crippen MR) is 71.2 cm³/mol. The zero-order valence-electron chi connectivity index (χ0n) is 10.3. The lowest BCUT2D eigenvalue weighted by molar-refractivity contribution is 0.415. The van der Waals surface area contributed by atoms with Crippen molar-refractivity contribution < 1.29 is 13.6 Å². The van der Waals surface area contributed by atoms with Crippen LogP contribution in [-0.4, -0.2) is 0 Å². The number of rotatable bonds is 4. The van der Waals surface area contributed by atoms with Crippen LogP contribution in [0.25, 0.3) is 0 Å². The molecule has 0 unspecified atom stereocenters. The van der Waals surface area contributed by atoms with Gasteiger partial charge in [-0.05, 0) is 49.2 Å². The highest BCUT2D eigenvalue weighted by Crippen LogP contribution is 2.30. The van der Waals surface area contributed by atoms with Gasteiger partial charge in [0.25, 0.3) is 0 Å². The molecule has 0 saturated carbocycles. The molecule has 0 aliphatic carbocycles. The Kier molecular flexibility index (Phi) is 3.96. The standard InChI is InChI=1S/C14H14O3P/c1-11-5-3-7-13(9-11)16-18(15)17-14-8-4-6-12(2)10-14/h3-10H,1-2H3/q+1. The summed E-state index contributed by atoms with van der Waals surface area (Å²) in [4.78, 5) is 0. The molecule has 3 nitrogen and oxygen atoms in total. The van der Waals surface area contributed by atoms with E-state index < -0.39 is 8.25 Å². The Balaban J connectivity index is 2.01. The third-order valence-corrected chi connectivity index (χ3v) is 3.06. The first-order valence-electron chi connectivity index (χ1n) is 5.60. The van der Waals surface area contributed by atoms with Crippen LogP contribution in [0, 0.1) is 13.8 Å². The summed E-state index contributed by atoms with van der Waals surface area (Å²) in [6.07, 6.45) is 0. The van der Waals surface area contributed by atoms with Gasteiger partial charge in [0.05, 0.1) is 0 Å². The van der Waals surface area contributed by atoms with Crippen molar-refractivity contribution in [3.8, 4) is 11.5 Å². The first-order chi connectivity index (χ1) is 8.63. The summed E-state index contributed by atoms with van der Waals surface area (Å²) in [7, 11) is -2.21. The zero-order chi connectivity index (χ0) is 13.0. The van der Waals surface area contributed by atoms with Crippen LogP contribution in [0.5, 0.6) is 11.5 Å². The summed E-state index contributed by atoms with van der Waals surface area (Å²) in [5.41, 5.74) is 2.10. The van der Waals surface area contributed by atoms with Crippen LogP contribution < -0.4 is 9.05 Å². The van der Waals surface area contributed by atoms with E-state index in [0.717, 1.165) is 11.1 Å². The highest BCUT2D eigenvalue weighted by molar-refractivity contribution is 7.34. The van der Waals surface area contributed by atoms with Crippen molar-refractivity contribution in [2.75, 3.05) is 0 Å². The largest absolute Gasteiger partial charge is 0.805 e. The third-order valence-electron chi connectivity index (χ3n) is 2.34. The van der Waals surface area contributed by atoms with E-state index in [2.05, 4.69) is 0 Å². The first kappa shape index (κ1) is 12.6. The van der Waals surface area contributed by atoms with Crippen LogP contribution in [0.3, 0.4) is 0 Å². The number of benzene rings is 2. The molecule has 4 heteroatoms. The average Bonchev–Trinajstić information content (AvgIpc) is 2.28. The minimum atomic E-state index is -2.21. The number of hydrogen-bond acceptors (Lipinski definition) is 3. The van der Waals surface area contributed by atoms with Gasteiger partial charge in [0.15, 0.2) is 11.5 Å². The third kappa shape index (κ3) is 3.57. The second-order valence-corrected chi connectivity index (χ2v) is 4.85. The summed E-state index contributed by atoms with van der Waals surface area (Å²) in [6.45, 7) is 3.89. The molecular weight excluding hydrogens is 247 g/mol. The Labute approximate surface area is 107 Å². The molecule has 0 saturated heterocycles. The van der Waals surface area contributed by atoms with Gasteiger partial charge >= 0.3 is 8.25 Å². The molecule has 0 heterocycles. The van der Waals surface area contributed by atoms with Crippen molar-refractivity contribution in [3.05, 3.63) is 59.7 Å². The van der Waals surface area contributed by atoms with Crippen molar-refractivity contribution in [2.45, 2.75) is 13.8 Å². The number of aryl methyl sites for hydroxylation is 2. The lowest BCUT2D eigenvalue weighted by Gasteiger charge is -1.96. The van der Waals surface area contributed by atoms with Crippen LogP contribution in [0.4, 0.5) is 0 Å². The Hall–Kier alpha value is -1.86. The van der Waals surface area contributed by atoms with Crippen molar-refractivity contribution >= 4 is 8.25 Å². The summed E-state index contributed by atoms with van der Waals surface area (Å²) in [6, 6.07) is 14.7. The molecule has 0 amide bonds. The maximum atomic E-state index is 11.7. The predicted octanol–water partition coefficient (Wildman–Crippen LogP) is 4.42. The van der Waals surface area contributed by atoms with Crippen LogP contribution in [0.15, 0.2) is 48.5 Å². The fraction of sp³-hybridized carbons (Fsp3) is 0.143. The summed E-state index contributed by atoms with van der Waals surface area (Å²) < 4.78 is 22.2. The smallest absolute Gasteiger partial charge is 0.222 e. The molecule has 2 aromatic rings. The van der Waals surface area contributed by atoms with Crippen LogP contribution in [0.2, 0.25) is 0 Å². The molecule has 92 valence electrons. The fourth-order valence-electron chi connectivity index (χ4n) is 1.54. The lowest BCUT2D eigenvalue weighted by atomic mass is 10.2. The van der Waals surface area contributed by atoms with Crippen LogP contribution >= 0.6 is 8.25 Å². The molecule has 0 aliphatic rings. The van der Waals surface area contributed by atoms with Gasteiger partial charge in [-0.1, -0.05) is 24.3 Å². The fourth-order valence-corrected chi connectivity index (χ4v) is 2.14. The van der Waals surface area contributed by atoms with Gasteiger partial charge in [-0.3, -0.25) is 0 Å². The van der Waals surface area contributed by atoms with Crippen molar-refractivity contribution in [2.24, 2.45) is 0 Å². The monoisotopic (exact) mass is 261 g/mol. The van der Waals surface area contributed by atoms with E-state index in [4.69, 9.17) is 9.05 Å². The summed E-state index contributed by atoms with van der Waals surface area (Å²) >= 11 is 0. The van der Waals surface area contributed by atoms with Crippen molar-refractivity contribution in [3.63, 3.8) is 0 Å². The van der Waals surface area contributed by atoms with Crippen molar-refractivity contribution in [1.29, 1.82) is 0 Å². The van der Waals surface area contributed by atoms with E-state index >= 15 is 0 Å². The molecule has 2 rings (SSSR count). The topological polar surface area (TPSA) is 35.5 Å². The molecule has 18 heavy (non-hydrogen) atoms. The maximum absolute atomic E-state index is 11.7. The van der Waals surface area contributed by atoms with E-state index in [1.165, 1.54) is 0 Å². The molecule has 0 aliphatic heterocycles. The van der Waals surface area contributed by atoms with E-state index in [9.17, 15) is 4.57 Å². The molecule has 0 spiro atoms. The number of hydrogen-bond donors (Lipinski definition) is 0. The Morgan fingerprint density at radius 2 is 1.28 bits per heavy atom. The molecule has 0 fully saturated rings. The SMILES string of the molecule is Cc1cccc(O[P+](=O)Oc2cccc(C)c2)c1. The molecule has 0 atom stereocenters. The lowest BCUT2D eigenvalue weighted by Crippen LogP contribution is -1.89. The normalized spacial score (nSPS) is 9.89. The quantitative estimate of drug-likeness (QED) is 0.764. The second kappa shape index (κ2) is 5.65.